The van der Waals surface area contributed by atoms with Gasteiger partial charge in [-0.3, -0.25) is 0 Å². The number of hydrogen-bond donors (Lipinski definition) is 1. The summed E-state index contributed by atoms with van der Waals surface area (Å²) >= 11 is 3.16. The molecule has 0 aromatic heterocycles. The third-order valence-electron chi connectivity index (χ3n) is 3.37. The first kappa shape index (κ1) is 19.9. The van der Waals surface area contributed by atoms with E-state index in [2.05, 4.69) is 15.9 Å². The van der Waals surface area contributed by atoms with Crippen LogP contribution in [0, 0.1) is 0 Å². The van der Waals surface area contributed by atoms with Crippen LogP contribution in [0.3, 0.4) is 0 Å². The molecule has 126 valence electrons. The van der Waals surface area contributed by atoms with Crippen LogP contribution in [0.15, 0.2) is 32.5 Å². The van der Waals surface area contributed by atoms with E-state index in [0.717, 1.165) is 19.1 Å². The number of piperidine rings is 1. The quantitative estimate of drug-likeness (QED) is 0.777. The second-order valence-electron chi connectivity index (χ2n) is 5.13. The van der Waals surface area contributed by atoms with Crippen molar-refractivity contribution < 1.29 is 16.8 Å². The van der Waals surface area contributed by atoms with E-state index in [4.69, 9.17) is 5.73 Å². The molecule has 0 amide bonds. The molecule has 0 spiro atoms. The third-order valence-corrected chi connectivity index (χ3v) is 7.32. The Labute approximate surface area is 145 Å². The largest absolute Gasteiger partial charge is 0.327 e. The predicted octanol–water partition coefficient (Wildman–Crippen LogP) is 1.39. The molecule has 1 fully saturated rings. The highest BCUT2D eigenvalue weighted by Gasteiger charge is 2.30. The number of nitrogens with two attached hydrogens (primary N) is 1. The van der Waals surface area contributed by atoms with Crippen LogP contribution < -0.4 is 5.73 Å². The highest BCUT2D eigenvalue weighted by Crippen LogP contribution is 2.29. The maximum Gasteiger partial charge on any atom is 0.244 e. The van der Waals surface area contributed by atoms with Crippen molar-refractivity contribution >= 4 is 48.2 Å². The second kappa shape index (κ2) is 7.14. The van der Waals surface area contributed by atoms with Crippen molar-refractivity contribution in [2.75, 3.05) is 19.3 Å². The molecule has 6 nitrogen and oxygen atoms in total. The Hall–Kier alpha value is -0.190. The lowest BCUT2D eigenvalue weighted by Gasteiger charge is -2.30. The molecule has 2 rings (SSSR count). The Balaban J connectivity index is 0.00000242. The zero-order chi connectivity index (χ0) is 15.8. The number of hydrogen-bond acceptors (Lipinski definition) is 5. The van der Waals surface area contributed by atoms with Crippen LogP contribution in [-0.4, -0.2) is 46.5 Å². The minimum atomic E-state index is -3.68. The van der Waals surface area contributed by atoms with Gasteiger partial charge in [0.1, 0.15) is 0 Å². The lowest BCUT2D eigenvalue weighted by atomic mass is 10.1. The average Bonchev–Trinajstić information content (AvgIpc) is 2.37. The fraction of sp³-hybridized carbons (Fsp3) is 0.500. The van der Waals surface area contributed by atoms with Gasteiger partial charge >= 0.3 is 0 Å². The van der Waals surface area contributed by atoms with Gasteiger partial charge in [-0.2, -0.15) is 4.31 Å². The van der Waals surface area contributed by atoms with Gasteiger partial charge in [-0.25, -0.2) is 16.8 Å². The molecule has 0 saturated carbocycles. The van der Waals surface area contributed by atoms with Gasteiger partial charge in [-0.05, 0) is 47.0 Å². The zero-order valence-corrected chi connectivity index (χ0v) is 15.9. The van der Waals surface area contributed by atoms with E-state index in [0.29, 0.717) is 6.54 Å². The van der Waals surface area contributed by atoms with Gasteiger partial charge in [-0.1, -0.05) is 0 Å². The van der Waals surface area contributed by atoms with E-state index in [9.17, 15) is 16.8 Å². The van der Waals surface area contributed by atoms with E-state index in [1.54, 1.807) is 0 Å². The van der Waals surface area contributed by atoms with Gasteiger partial charge < -0.3 is 5.73 Å². The summed E-state index contributed by atoms with van der Waals surface area (Å²) in [6, 6.07) is 3.77. The molecular weight excluding hydrogens is 416 g/mol. The summed E-state index contributed by atoms with van der Waals surface area (Å²) in [6.45, 7) is 0.707. The first-order chi connectivity index (χ1) is 9.62. The van der Waals surface area contributed by atoms with Gasteiger partial charge in [-0.15, -0.1) is 12.4 Å². The van der Waals surface area contributed by atoms with Crippen molar-refractivity contribution in [1.29, 1.82) is 0 Å². The molecule has 1 heterocycles. The fourth-order valence-corrected chi connectivity index (χ4v) is 5.62. The molecule has 0 bridgehead atoms. The van der Waals surface area contributed by atoms with Crippen molar-refractivity contribution in [3.63, 3.8) is 0 Å². The molecule has 2 N–H and O–H groups in total. The van der Waals surface area contributed by atoms with Crippen molar-refractivity contribution in [1.82, 2.24) is 4.31 Å². The van der Waals surface area contributed by atoms with Crippen LogP contribution >= 0.6 is 28.3 Å². The summed E-state index contributed by atoms with van der Waals surface area (Å²) in [5.74, 6) is 0. The van der Waals surface area contributed by atoms with Gasteiger partial charge in [0.15, 0.2) is 9.84 Å². The summed E-state index contributed by atoms with van der Waals surface area (Å²) in [5.41, 5.74) is 5.82. The number of benzene rings is 1. The summed E-state index contributed by atoms with van der Waals surface area (Å²) in [7, 11) is -7.06. The minimum Gasteiger partial charge on any atom is -0.327 e. The van der Waals surface area contributed by atoms with Crippen LogP contribution in [0.2, 0.25) is 0 Å². The summed E-state index contributed by atoms with van der Waals surface area (Å²) in [6.07, 6.45) is 2.60. The maximum atomic E-state index is 12.6. The lowest BCUT2D eigenvalue weighted by Crippen LogP contribution is -2.45. The van der Waals surface area contributed by atoms with Crippen LogP contribution in [0.1, 0.15) is 12.8 Å². The van der Waals surface area contributed by atoms with E-state index in [1.807, 2.05) is 0 Å². The number of sulfone groups is 1. The molecule has 1 aliphatic heterocycles. The van der Waals surface area contributed by atoms with Gasteiger partial charge in [0.2, 0.25) is 10.0 Å². The van der Waals surface area contributed by atoms with Crippen LogP contribution in [0.4, 0.5) is 0 Å². The SMILES string of the molecule is CS(=O)(=O)c1ccc(S(=O)(=O)N2CCC[C@@H](N)C2)c(Br)c1.Cl. The summed E-state index contributed by atoms with van der Waals surface area (Å²) < 4.78 is 49.8. The second-order valence-corrected chi connectivity index (χ2v) is 9.91. The fourth-order valence-electron chi connectivity index (χ4n) is 2.25. The van der Waals surface area contributed by atoms with Gasteiger partial charge in [0, 0.05) is 29.9 Å². The number of halogens is 2. The van der Waals surface area contributed by atoms with Crippen molar-refractivity contribution in [3.8, 4) is 0 Å². The molecule has 1 atom stereocenters. The van der Waals surface area contributed by atoms with E-state index in [-0.39, 0.29) is 39.3 Å². The Kier molecular flexibility index (Phi) is 6.45. The Morgan fingerprint density at radius 2 is 1.91 bits per heavy atom. The van der Waals surface area contributed by atoms with Gasteiger partial charge in [0.25, 0.3) is 0 Å². The minimum absolute atomic E-state index is 0. The smallest absolute Gasteiger partial charge is 0.244 e. The highest BCUT2D eigenvalue weighted by molar-refractivity contribution is 9.10. The molecule has 0 aliphatic carbocycles. The first-order valence-corrected chi connectivity index (χ1v) is 10.5. The van der Waals surface area contributed by atoms with Crippen LogP contribution in [0.5, 0.6) is 0 Å². The highest BCUT2D eigenvalue weighted by atomic mass is 79.9. The molecule has 0 radical (unpaired) electrons. The maximum absolute atomic E-state index is 12.6. The van der Waals surface area contributed by atoms with E-state index in [1.165, 1.54) is 22.5 Å². The molecule has 0 unspecified atom stereocenters. The molecule has 1 aromatic rings. The molecular formula is C12H18BrClN2O4S2. The summed E-state index contributed by atoms with van der Waals surface area (Å²) in [4.78, 5) is 0.132. The van der Waals surface area contributed by atoms with Gasteiger partial charge in [0.05, 0.1) is 9.79 Å². The molecule has 10 heteroatoms. The first-order valence-electron chi connectivity index (χ1n) is 6.38. The van der Waals surface area contributed by atoms with E-state index < -0.39 is 19.9 Å². The van der Waals surface area contributed by atoms with Crippen LogP contribution in [0.25, 0.3) is 0 Å². The predicted molar refractivity (Wildman–Crippen MR) is 90.5 cm³/mol. The molecule has 22 heavy (non-hydrogen) atoms. The van der Waals surface area contributed by atoms with Crippen molar-refractivity contribution in [2.45, 2.75) is 28.7 Å². The Morgan fingerprint density at radius 1 is 1.27 bits per heavy atom. The van der Waals surface area contributed by atoms with Crippen molar-refractivity contribution in [3.05, 3.63) is 22.7 Å². The van der Waals surface area contributed by atoms with Crippen molar-refractivity contribution in [2.24, 2.45) is 5.73 Å². The zero-order valence-electron chi connectivity index (χ0n) is 11.9. The topological polar surface area (TPSA) is 97.5 Å². The molecule has 1 saturated heterocycles. The lowest BCUT2D eigenvalue weighted by molar-refractivity contribution is 0.316. The molecule has 1 aromatic carbocycles. The number of sulfonamides is 1. The normalized spacial score (nSPS) is 20.4. The van der Waals surface area contributed by atoms with Crippen LogP contribution in [-0.2, 0) is 19.9 Å². The number of rotatable bonds is 3. The summed E-state index contributed by atoms with van der Waals surface area (Å²) in [5, 5.41) is 0. The molecule has 1 aliphatic rings. The van der Waals surface area contributed by atoms with E-state index >= 15 is 0 Å². The Bertz CT molecular complexity index is 752. The Morgan fingerprint density at radius 3 is 2.41 bits per heavy atom. The number of nitrogens with zero attached hydrogens (tertiary/aromatic N) is 1. The average molecular weight is 434 g/mol. The standard InChI is InChI=1S/C12H17BrN2O4S2.ClH/c1-20(16,17)10-4-5-12(11(13)7-10)21(18,19)15-6-2-3-9(14)8-15;/h4-5,7,9H,2-3,6,8,14H2,1H3;1H/t9-;/m1./s1. The monoisotopic (exact) mass is 432 g/mol. The third kappa shape index (κ3) is 4.21.